The highest BCUT2D eigenvalue weighted by atomic mass is 16.4. The molecule has 0 amide bonds. The summed E-state index contributed by atoms with van der Waals surface area (Å²) in [4.78, 5) is 23.2. The quantitative estimate of drug-likeness (QED) is 0.186. The van der Waals surface area contributed by atoms with Crippen LogP contribution in [0.15, 0.2) is 11.6 Å². The number of carbonyl (C=O) groups excluding carboxylic acids is 1. The van der Waals surface area contributed by atoms with Gasteiger partial charge in [0.15, 0.2) is 5.78 Å². The lowest BCUT2D eigenvalue weighted by atomic mass is 9.46. The van der Waals surface area contributed by atoms with Gasteiger partial charge in [0.05, 0.1) is 29.5 Å². The maximum atomic E-state index is 13.2. The number of hydrogen-bond acceptors (Lipinski definition) is 8. The zero-order valence-corrected chi connectivity index (χ0v) is 26.4. The molecule has 10 atom stereocenters. The first kappa shape index (κ1) is 35.1. The van der Waals surface area contributed by atoms with E-state index in [1.165, 1.54) is 0 Å². The zero-order valence-electron chi connectivity index (χ0n) is 26.4. The van der Waals surface area contributed by atoms with Crippen LogP contribution in [-0.4, -0.2) is 78.5 Å². The Kier molecular flexibility index (Phi) is 11.1. The van der Waals surface area contributed by atoms with Gasteiger partial charge in [-0.15, -0.1) is 0 Å². The average molecular weight is 596 g/mol. The van der Waals surface area contributed by atoms with E-state index in [2.05, 4.69) is 20.8 Å². The fourth-order valence-electron chi connectivity index (χ4n) is 8.88. The number of unbranched alkanes of at least 4 members (excludes halogenated alkanes) is 2. The molecule has 0 saturated heterocycles. The van der Waals surface area contributed by atoms with Crippen molar-refractivity contribution in [1.82, 2.24) is 0 Å². The SMILES string of the molecule is C[C@H]([C@H](O)CCC(C)(C)O)[C@H]1CC[C@@]2(O)C3=CC(=O)[C@@H]4C[C@@H](O)[C@@H](O)C[C@]4(C)[C@H]3CC[C@]12C.NCCCCCC(=O)O. The minimum absolute atomic E-state index is 0.00888. The number of hydrogen-bond donors (Lipinski definition) is 7. The van der Waals surface area contributed by atoms with Gasteiger partial charge >= 0.3 is 5.97 Å². The first-order valence-electron chi connectivity index (χ1n) is 16.1. The predicted molar refractivity (Wildman–Crippen MR) is 160 cm³/mol. The lowest BCUT2D eigenvalue weighted by Crippen LogP contribution is -2.61. The highest BCUT2D eigenvalue weighted by molar-refractivity contribution is 5.95. The van der Waals surface area contributed by atoms with Gasteiger partial charge in [-0.05, 0) is 119 Å². The molecule has 4 rings (SSSR count). The molecular weight excluding hydrogens is 538 g/mol. The van der Waals surface area contributed by atoms with Crippen molar-refractivity contribution in [2.45, 2.75) is 141 Å². The maximum absolute atomic E-state index is 13.2. The molecule has 8 N–H and O–H groups in total. The standard InChI is InChI=1S/C27H44O6.C6H13NO2/c1-15(20(28)8-9-24(2,3)32)16-7-11-27(33)18-12-21(29)19-13-22(30)23(31)14-25(19,4)17(18)6-10-26(16,27)5;7-5-3-1-2-4-6(8)9/h12,15-17,19-20,22-23,28,30-33H,6-11,13-14H2,1-5H3;1-5,7H2,(H,8,9)/t15-,16+,17-,19-,20+,22+,23-,25+,26+,27+;/m0./s1. The Balaban J connectivity index is 0.000000467. The monoisotopic (exact) mass is 595 g/mol. The number of carboxylic acid groups (broad SMARTS) is 1. The zero-order chi connectivity index (χ0) is 31.7. The van der Waals surface area contributed by atoms with Gasteiger partial charge in [0, 0.05) is 17.8 Å². The highest BCUT2D eigenvalue weighted by Crippen LogP contribution is 2.68. The van der Waals surface area contributed by atoms with E-state index >= 15 is 0 Å². The Labute approximate surface area is 251 Å². The Morgan fingerprint density at radius 3 is 2.36 bits per heavy atom. The smallest absolute Gasteiger partial charge is 0.303 e. The second-order valence-electron chi connectivity index (χ2n) is 14.9. The van der Waals surface area contributed by atoms with Crippen molar-refractivity contribution >= 4 is 11.8 Å². The molecule has 0 radical (unpaired) electrons. The van der Waals surface area contributed by atoms with Crippen LogP contribution in [0.5, 0.6) is 0 Å². The third-order valence-corrected chi connectivity index (χ3v) is 11.6. The Bertz CT molecular complexity index is 993. The van der Waals surface area contributed by atoms with E-state index in [1.54, 1.807) is 19.9 Å². The number of rotatable bonds is 10. The van der Waals surface area contributed by atoms with E-state index in [9.17, 15) is 35.1 Å². The molecular formula is C33H57NO8. The summed E-state index contributed by atoms with van der Waals surface area (Å²) in [6.07, 6.45) is 6.97. The van der Waals surface area contributed by atoms with Crippen molar-refractivity contribution in [3.8, 4) is 0 Å². The molecule has 3 fully saturated rings. The van der Waals surface area contributed by atoms with Crippen molar-refractivity contribution in [2.24, 2.45) is 40.2 Å². The average Bonchev–Trinajstić information content (AvgIpc) is 3.17. The fourth-order valence-corrected chi connectivity index (χ4v) is 8.88. The van der Waals surface area contributed by atoms with Crippen molar-refractivity contribution in [1.29, 1.82) is 0 Å². The first-order chi connectivity index (χ1) is 19.4. The van der Waals surface area contributed by atoms with Gasteiger partial charge in [0.2, 0.25) is 0 Å². The maximum Gasteiger partial charge on any atom is 0.303 e. The summed E-state index contributed by atoms with van der Waals surface area (Å²) in [5.41, 5.74) is 3.19. The number of nitrogens with two attached hydrogens (primary N) is 1. The molecule has 4 aliphatic carbocycles. The molecule has 9 heteroatoms. The van der Waals surface area contributed by atoms with Gasteiger partial charge in [-0.3, -0.25) is 9.59 Å². The molecule has 0 bridgehead atoms. The van der Waals surface area contributed by atoms with Crippen LogP contribution >= 0.6 is 0 Å². The molecule has 0 aromatic rings. The summed E-state index contributed by atoms with van der Waals surface area (Å²) in [6.45, 7) is 10.4. The minimum atomic E-state index is -1.10. The Morgan fingerprint density at radius 2 is 1.76 bits per heavy atom. The Hall–Kier alpha value is -1.36. The van der Waals surface area contributed by atoms with Crippen LogP contribution in [0.2, 0.25) is 0 Å². The molecule has 0 aromatic heterocycles. The highest BCUT2D eigenvalue weighted by Gasteiger charge is 2.67. The van der Waals surface area contributed by atoms with Crippen molar-refractivity contribution in [3.63, 3.8) is 0 Å². The van der Waals surface area contributed by atoms with Crippen LogP contribution in [0.1, 0.15) is 112 Å². The second kappa shape index (κ2) is 13.3. The van der Waals surface area contributed by atoms with E-state index in [4.69, 9.17) is 10.8 Å². The fraction of sp³-hybridized carbons (Fsp3) is 0.879. The van der Waals surface area contributed by atoms with Gasteiger partial charge in [-0.25, -0.2) is 0 Å². The molecule has 0 heterocycles. The molecule has 242 valence electrons. The largest absolute Gasteiger partial charge is 0.481 e. The topological polar surface area (TPSA) is 182 Å². The van der Waals surface area contributed by atoms with Crippen LogP contribution in [0.4, 0.5) is 0 Å². The molecule has 0 spiro atoms. The summed E-state index contributed by atoms with van der Waals surface area (Å²) in [5, 5.41) is 62.1. The third kappa shape index (κ3) is 6.97. The first-order valence-corrected chi connectivity index (χ1v) is 16.1. The summed E-state index contributed by atoms with van der Waals surface area (Å²) in [6, 6.07) is 0. The molecule has 4 aliphatic rings. The second-order valence-corrected chi connectivity index (χ2v) is 14.9. The number of fused-ring (bicyclic) bond motifs is 5. The normalized spacial score (nSPS) is 39.2. The van der Waals surface area contributed by atoms with Crippen molar-refractivity contribution in [3.05, 3.63) is 11.6 Å². The molecule has 9 nitrogen and oxygen atoms in total. The number of aliphatic hydroxyl groups is 5. The number of aliphatic hydroxyl groups excluding tert-OH is 3. The Morgan fingerprint density at radius 1 is 1.10 bits per heavy atom. The number of carboxylic acids is 1. The number of carbonyl (C=O) groups is 2. The molecule has 0 aromatic carbocycles. The van der Waals surface area contributed by atoms with E-state index < -0.39 is 46.3 Å². The molecule has 42 heavy (non-hydrogen) atoms. The molecule has 3 saturated carbocycles. The van der Waals surface area contributed by atoms with E-state index in [-0.39, 0.29) is 42.3 Å². The minimum Gasteiger partial charge on any atom is -0.481 e. The van der Waals surface area contributed by atoms with E-state index in [0.29, 0.717) is 32.2 Å². The third-order valence-electron chi connectivity index (χ3n) is 11.6. The lowest BCUT2D eigenvalue weighted by molar-refractivity contribution is -0.154. The number of ketones is 1. The molecule has 0 unspecified atom stereocenters. The van der Waals surface area contributed by atoms with Crippen LogP contribution in [0.25, 0.3) is 0 Å². The van der Waals surface area contributed by atoms with Crippen LogP contribution in [0.3, 0.4) is 0 Å². The predicted octanol–water partition coefficient (Wildman–Crippen LogP) is 3.33. The van der Waals surface area contributed by atoms with Gasteiger partial charge in [0.25, 0.3) is 0 Å². The van der Waals surface area contributed by atoms with Gasteiger partial charge < -0.3 is 36.4 Å². The van der Waals surface area contributed by atoms with Crippen LogP contribution in [0, 0.1) is 34.5 Å². The lowest BCUT2D eigenvalue weighted by Gasteiger charge is -2.60. The van der Waals surface area contributed by atoms with Crippen molar-refractivity contribution < 1.29 is 40.2 Å². The van der Waals surface area contributed by atoms with E-state index in [0.717, 1.165) is 44.1 Å². The van der Waals surface area contributed by atoms with Crippen molar-refractivity contribution in [2.75, 3.05) is 6.54 Å². The summed E-state index contributed by atoms with van der Waals surface area (Å²) < 4.78 is 0. The van der Waals surface area contributed by atoms with Gasteiger partial charge in [-0.1, -0.05) is 27.2 Å². The summed E-state index contributed by atoms with van der Waals surface area (Å²) in [7, 11) is 0. The summed E-state index contributed by atoms with van der Waals surface area (Å²) >= 11 is 0. The van der Waals surface area contributed by atoms with Gasteiger partial charge in [-0.2, -0.15) is 0 Å². The van der Waals surface area contributed by atoms with Crippen LogP contribution < -0.4 is 5.73 Å². The summed E-state index contributed by atoms with van der Waals surface area (Å²) in [5.74, 6) is -0.980. The van der Waals surface area contributed by atoms with Gasteiger partial charge in [0.1, 0.15) is 0 Å². The molecule has 0 aliphatic heterocycles. The van der Waals surface area contributed by atoms with E-state index in [1.807, 2.05) is 0 Å². The number of allylic oxidation sites excluding steroid dienone is 1. The van der Waals surface area contributed by atoms with Crippen LogP contribution in [-0.2, 0) is 9.59 Å². The number of aliphatic carboxylic acids is 1.